The molecule has 176 valence electrons. The molecule has 8 heteroatoms. The van der Waals surface area contributed by atoms with E-state index in [1.807, 2.05) is 48.9 Å². The number of fused-ring (bicyclic) bond motifs is 1. The normalized spacial score (nSPS) is 14.6. The minimum atomic E-state index is -0.102. The maximum atomic E-state index is 13.1. The van der Waals surface area contributed by atoms with Crippen LogP contribution in [0, 0.1) is 0 Å². The van der Waals surface area contributed by atoms with Crippen molar-refractivity contribution in [1.82, 2.24) is 29.0 Å². The van der Waals surface area contributed by atoms with Gasteiger partial charge in [0.25, 0.3) is 0 Å². The molecule has 0 atom stereocenters. The number of aromatic amines is 1. The van der Waals surface area contributed by atoms with Gasteiger partial charge in [-0.1, -0.05) is 0 Å². The number of imidazole rings is 1. The van der Waals surface area contributed by atoms with Gasteiger partial charge in [-0.3, -0.25) is 9.55 Å². The van der Waals surface area contributed by atoms with E-state index in [1.54, 1.807) is 22.4 Å². The Balaban J connectivity index is 1.37. The van der Waals surface area contributed by atoms with Crippen molar-refractivity contribution in [2.75, 3.05) is 38.1 Å². The Morgan fingerprint density at radius 2 is 1.63 bits per heavy atom. The monoisotopic (exact) mass is 465 g/mol. The number of nitrogens with one attached hydrogen (secondary N) is 1. The SMILES string of the molecule is CN1CCN(c2ccc(-n3c(-c4cc(-c5cnc6[nH]ccc6c5)ccn4)cn(C)c3=O)cc2)CC1. The fourth-order valence-corrected chi connectivity index (χ4v) is 4.71. The number of piperazine rings is 1. The van der Waals surface area contributed by atoms with Gasteiger partial charge < -0.3 is 19.4 Å². The molecule has 1 aliphatic rings. The minimum absolute atomic E-state index is 0.102. The molecule has 1 fully saturated rings. The van der Waals surface area contributed by atoms with Crippen LogP contribution in [0.1, 0.15) is 0 Å². The van der Waals surface area contributed by atoms with E-state index in [-0.39, 0.29) is 5.69 Å². The molecule has 0 amide bonds. The average molecular weight is 466 g/mol. The zero-order valence-corrected chi connectivity index (χ0v) is 19.8. The molecule has 35 heavy (non-hydrogen) atoms. The smallest absolute Gasteiger partial charge is 0.333 e. The fraction of sp³-hybridized carbons (Fsp3) is 0.222. The van der Waals surface area contributed by atoms with Gasteiger partial charge >= 0.3 is 5.69 Å². The Bertz CT molecular complexity index is 1550. The first-order chi connectivity index (χ1) is 17.1. The Hall–Kier alpha value is -4.17. The lowest BCUT2D eigenvalue weighted by molar-refractivity contribution is 0.313. The van der Waals surface area contributed by atoms with Gasteiger partial charge in [0.05, 0.1) is 17.1 Å². The lowest BCUT2D eigenvalue weighted by atomic mass is 10.1. The Kier molecular flexibility index (Phi) is 5.22. The number of nitrogens with zero attached hydrogens (tertiary/aromatic N) is 6. The first-order valence-electron chi connectivity index (χ1n) is 11.8. The summed E-state index contributed by atoms with van der Waals surface area (Å²) in [5, 5.41) is 1.05. The third-order valence-corrected chi connectivity index (χ3v) is 6.78. The quantitative estimate of drug-likeness (QED) is 0.440. The van der Waals surface area contributed by atoms with Crippen LogP contribution in [0.25, 0.3) is 39.2 Å². The molecule has 8 nitrogen and oxygen atoms in total. The van der Waals surface area contributed by atoms with Gasteiger partial charge in [0.15, 0.2) is 0 Å². The summed E-state index contributed by atoms with van der Waals surface area (Å²) < 4.78 is 3.33. The molecule has 0 aliphatic carbocycles. The molecule has 6 rings (SSSR count). The third-order valence-electron chi connectivity index (χ3n) is 6.78. The molecule has 5 heterocycles. The van der Waals surface area contributed by atoms with E-state index >= 15 is 0 Å². The van der Waals surface area contributed by atoms with E-state index < -0.39 is 0 Å². The number of pyridine rings is 2. The van der Waals surface area contributed by atoms with Crippen molar-refractivity contribution < 1.29 is 0 Å². The van der Waals surface area contributed by atoms with E-state index in [0.29, 0.717) is 0 Å². The standard InChI is InChI=1S/C27H27N7O/c1-31-11-13-33(14-12-31)22-3-5-23(6-4-22)34-25(18-32(2)27(34)35)24-16-19(7-9-28-24)21-15-20-8-10-29-26(20)30-17-21/h3-10,15-18H,11-14H2,1-2H3,(H,29,30). The summed E-state index contributed by atoms with van der Waals surface area (Å²) in [5.74, 6) is 0. The second kappa shape index (κ2) is 8.56. The summed E-state index contributed by atoms with van der Waals surface area (Å²) in [5.41, 5.74) is 6.25. The highest BCUT2D eigenvalue weighted by Crippen LogP contribution is 2.27. The molecule has 0 radical (unpaired) electrons. The van der Waals surface area contributed by atoms with Crippen LogP contribution in [0.4, 0.5) is 5.69 Å². The van der Waals surface area contributed by atoms with Crippen LogP contribution in [-0.4, -0.2) is 62.2 Å². The Labute approximate surface area is 203 Å². The summed E-state index contributed by atoms with van der Waals surface area (Å²) in [4.78, 5) is 30.1. The highest BCUT2D eigenvalue weighted by Gasteiger charge is 2.17. The van der Waals surface area contributed by atoms with Crippen LogP contribution in [0.3, 0.4) is 0 Å². The zero-order chi connectivity index (χ0) is 23.9. The number of aromatic nitrogens is 5. The summed E-state index contributed by atoms with van der Waals surface area (Å²) in [7, 11) is 3.93. The third kappa shape index (κ3) is 3.91. The van der Waals surface area contributed by atoms with E-state index in [2.05, 4.69) is 50.0 Å². The predicted octanol–water partition coefficient (Wildman–Crippen LogP) is 3.53. The van der Waals surface area contributed by atoms with E-state index in [1.165, 1.54) is 5.69 Å². The van der Waals surface area contributed by atoms with Crippen LogP contribution in [0.5, 0.6) is 0 Å². The molecule has 0 bridgehead atoms. The number of hydrogen-bond acceptors (Lipinski definition) is 5. The predicted molar refractivity (Wildman–Crippen MR) is 139 cm³/mol. The highest BCUT2D eigenvalue weighted by atomic mass is 16.1. The van der Waals surface area contributed by atoms with E-state index in [4.69, 9.17) is 0 Å². The lowest BCUT2D eigenvalue weighted by Crippen LogP contribution is -2.44. The highest BCUT2D eigenvalue weighted by molar-refractivity contribution is 5.82. The van der Waals surface area contributed by atoms with Crippen molar-refractivity contribution in [3.05, 3.63) is 83.8 Å². The number of H-pyrrole nitrogens is 1. The second-order valence-corrected chi connectivity index (χ2v) is 9.12. The maximum absolute atomic E-state index is 13.1. The molecule has 5 aromatic rings. The Morgan fingerprint density at radius 1 is 0.857 bits per heavy atom. The number of aryl methyl sites for hydroxylation is 1. The summed E-state index contributed by atoms with van der Waals surface area (Å²) in [6.07, 6.45) is 7.37. The first kappa shape index (κ1) is 21.4. The number of rotatable bonds is 4. The fourth-order valence-electron chi connectivity index (χ4n) is 4.71. The topological polar surface area (TPSA) is 75.0 Å². The largest absolute Gasteiger partial charge is 0.369 e. The molecule has 1 N–H and O–H groups in total. The molecule has 4 aromatic heterocycles. The molecule has 0 saturated carbocycles. The van der Waals surface area contributed by atoms with E-state index in [9.17, 15) is 4.79 Å². The van der Waals surface area contributed by atoms with Crippen LogP contribution < -0.4 is 10.6 Å². The minimum Gasteiger partial charge on any atom is -0.369 e. The van der Waals surface area contributed by atoms with Gasteiger partial charge in [-0.25, -0.2) is 9.78 Å². The first-order valence-corrected chi connectivity index (χ1v) is 11.8. The van der Waals surface area contributed by atoms with E-state index in [0.717, 1.165) is 65.4 Å². The van der Waals surface area contributed by atoms with Crippen molar-refractivity contribution >= 4 is 16.7 Å². The van der Waals surface area contributed by atoms with Gasteiger partial charge in [0, 0.05) is 74.7 Å². The van der Waals surface area contributed by atoms with Gasteiger partial charge in [-0.05, 0) is 61.1 Å². The van der Waals surface area contributed by atoms with Crippen molar-refractivity contribution in [2.45, 2.75) is 0 Å². The molecule has 0 spiro atoms. The molecular weight excluding hydrogens is 438 g/mol. The van der Waals surface area contributed by atoms with Gasteiger partial charge in [0.2, 0.25) is 0 Å². The van der Waals surface area contributed by atoms with Gasteiger partial charge in [-0.2, -0.15) is 0 Å². The molecule has 1 saturated heterocycles. The second-order valence-electron chi connectivity index (χ2n) is 9.12. The average Bonchev–Trinajstić information content (AvgIpc) is 3.48. The van der Waals surface area contributed by atoms with Gasteiger partial charge in [0.1, 0.15) is 5.65 Å². The van der Waals surface area contributed by atoms with Crippen molar-refractivity contribution in [3.8, 4) is 28.2 Å². The molecule has 1 aromatic carbocycles. The van der Waals surface area contributed by atoms with Crippen molar-refractivity contribution in [2.24, 2.45) is 7.05 Å². The summed E-state index contributed by atoms with van der Waals surface area (Å²) in [6, 6.07) is 16.3. The van der Waals surface area contributed by atoms with Crippen molar-refractivity contribution in [1.29, 1.82) is 0 Å². The van der Waals surface area contributed by atoms with Crippen LogP contribution >= 0.6 is 0 Å². The van der Waals surface area contributed by atoms with Crippen molar-refractivity contribution in [3.63, 3.8) is 0 Å². The summed E-state index contributed by atoms with van der Waals surface area (Å²) >= 11 is 0. The number of benzene rings is 1. The Morgan fingerprint density at radius 3 is 2.43 bits per heavy atom. The van der Waals surface area contributed by atoms with Gasteiger partial charge in [-0.15, -0.1) is 0 Å². The molecule has 1 aliphatic heterocycles. The number of hydrogen-bond donors (Lipinski definition) is 1. The molecular formula is C27H27N7O. The lowest BCUT2D eigenvalue weighted by Gasteiger charge is -2.34. The molecule has 0 unspecified atom stereocenters. The maximum Gasteiger partial charge on any atom is 0.333 e. The van der Waals surface area contributed by atoms with Crippen LogP contribution in [0.15, 0.2) is 78.1 Å². The summed E-state index contributed by atoms with van der Waals surface area (Å²) in [6.45, 7) is 4.12. The number of likely N-dealkylation sites (N-methyl/N-ethyl adjacent to an activating group) is 1. The van der Waals surface area contributed by atoms with Crippen LogP contribution in [-0.2, 0) is 7.05 Å². The number of anilines is 1. The van der Waals surface area contributed by atoms with Crippen LogP contribution in [0.2, 0.25) is 0 Å². The zero-order valence-electron chi connectivity index (χ0n) is 19.8.